The Hall–Kier alpha value is -3.53. The third-order valence-electron chi connectivity index (χ3n) is 5.62. The molecule has 2 amide bonds. The van der Waals surface area contributed by atoms with Crippen molar-refractivity contribution < 1.29 is 9.59 Å². The van der Waals surface area contributed by atoms with Crippen molar-refractivity contribution in [3.63, 3.8) is 0 Å². The van der Waals surface area contributed by atoms with Crippen molar-refractivity contribution >= 4 is 46.6 Å². The Bertz CT molecular complexity index is 1310. The van der Waals surface area contributed by atoms with E-state index in [1.807, 2.05) is 56.3 Å². The summed E-state index contributed by atoms with van der Waals surface area (Å²) in [5.41, 5.74) is 4.17. The summed E-state index contributed by atoms with van der Waals surface area (Å²) in [5, 5.41) is 13.2. The summed E-state index contributed by atoms with van der Waals surface area (Å²) in [6, 6.07) is 24.0. The van der Waals surface area contributed by atoms with E-state index in [-0.39, 0.29) is 11.5 Å². The number of carbonyl (C=O) groups excluding carboxylic acids is 2. The zero-order chi connectivity index (χ0) is 24.2. The predicted octanol–water partition coefficient (Wildman–Crippen LogP) is 6.02. The van der Waals surface area contributed by atoms with Gasteiger partial charge in [-0.1, -0.05) is 59.8 Å². The van der Waals surface area contributed by atoms with Gasteiger partial charge in [0.15, 0.2) is 0 Å². The molecule has 1 unspecified atom stereocenters. The van der Waals surface area contributed by atoms with Crippen LogP contribution in [0.3, 0.4) is 0 Å². The van der Waals surface area contributed by atoms with Crippen molar-refractivity contribution in [3.05, 3.63) is 105 Å². The Morgan fingerprint density at radius 3 is 2.41 bits per heavy atom. The molecule has 1 fully saturated rings. The van der Waals surface area contributed by atoms with Crippen LogP contribution in [0.25, 0.3) is 0 Å². The highest BCUT2D eigenvalue weighted by Crippen LogP contribution is 2.42. The van der Waals surface area contributed by atoms with E-state index in [0.29, 0.717) is 27.8 Å². The molecule has 1 atom stereocenters. The van der Waals surface area contributed by atoms with Crippen LogP contribution in [0.1, 0.15) is 16.7 Å². The van der Waals surface area contributed by atoms with Crippen molar-refractivity contribution in [1.29, 1.82) is 5.26 Å². The van der Waals surface area contributed by atoms with Crippen molar-refractivity contribution in [2.24, 2.45) is 0 Å². The molecule has 34 heavy (non-hydrogen) atoms. The number of amides is 2. The molecule has 4 rings (SSSR count). The minimum absolute atomic E-state index is 0.0981. The number of benzene rings is 3. The molecule has 1 aliphatic rings. The van der Waals surface area contributed by atoms with Gasteiger partial charge >= 0.3 is 0 Å². The lowest BCUT2D eigenvalue weighted by Crippen LogP contribution is -2.31. The van der Waals surface area contributed by atoms with E-state index in [1.165, 1.54) is 16.7 Å². The molecule has 0 bridgehead atoms. The first-order valence-corrected chi connectivity index (χ1v) is 12.0. The molecule has 5 nitrogen and oxygen atoms in total. The second-order valence-corrected chi connectivity index (χ2v) is 9.62. The normalized spacial score (nSPS) is 16.8. The Morgan fingerprint density at radius 1 is 1.06 bits per heavy atom. The van der Waals surface area contributed by atoms with Gasteiger partial charge in [0.2, 0.25) is 5.91 Å². The molecule has 1 saturated heterocycles. The van der Waals surface area contributed by atoms with Gasteiger partial charge in [-0.25, -0.2) is 0 Å². The van der Waals surface area contributed by atoms with Gasteiger partial charge in [0.1, 0.15) is 16.7 Å². The van der Waals surface area contributed by atoms with Crippen LogP contribution in [-0.2, 0) is 16.0 Å². The molecule has 1 heterocycles. The van der Waals surface area contributed by atoms with Crippen molar-refractivity contribution in [2.45, 2.75) is 25.5 Å². The number of aryl methyl sites for hydroxylation is 2. The van der Waals surface area contributed by atoms with Crippen molar-refractivity contribution in [3.8, 4) is 6.07 Å². The van der Waals surface area contributed by atoms with Crippen LogP contribution in [0.5, 0.6) is 0 Å². The predicted molar refractivity (Wildman–Crippen MR) is 138 cm³/mol. The van der Waals surface area contributed by atoms with Crippen LogP contribution in [0, 0.1) is 25.2 Å². The van der Waals surface area contributed by atoms with Crippen LogP contribution in [-0.4, -0.2) is 17.1 Å². The molecule has 7 heteroatoms. The Morgan fingerprint density at radius 2 is 1.76 bits per heavy atom. The number of rotatable bonds is 5. The monoisotopic (exact) mass is 487 g/mol. The first-order chi connectivity index (χ1) is 16.4. The second kappa shape index (κ2) is 10.2. The maximum Gasteiger partial charge on any atom is 0.269 e. The topological polar surface area (TPSA) is 73.2 Å². The smallest absolute Gasteiger partial charge is 0.269 e. The zero-order valence-corrected chi connectivity index (χ0v) is 20.3. The number of halogens is 1. The quantitative estimate of drug-likeness (QED) is 0.352. The Kier molecular flexibility index (Phi) is 7.06. The summed E-state index contributed by atoms with van der Waals surface area (Å²) in [4.78, 5) is 28.2. The molecular weight excluding hydrogens is 466 g/mol. The SMILES string of the molecule is Cc1ccc(N2C(=O)C(Cc3ccc(Cl)cc3)S/C2=C(/C#N)C(=O)Nc2ccccc2)cc1C. The fourth-order valence-electron chi connectivity index (χ4n) is 3.64. The van der Waals surface area contributed by atoms with E-state index >= 15 is 0 Å². The maximum atomic E-state index is 13.6. The molecule has 0 aliphatic carbocycles. The van der Waals surface area contributed by atoms with Gasteiger partial charge in [0.05, 0.1) is 5.25 Å². The summed E-state index contributed by atoms with van der Waals surface area (Å²) < 4.78 is 0. The molecular formula is C27H22ClN3O2S. The number of nitriles is 1. The number of anilines is 2. The van der Waals surface area contributed by atoms with E-state index in [2.05, 4.69) is 5.32 Å². The average Bonchev–Trinajstić information content (AvgIpc) is 3.14. The first kappa shape index (κ1) is 23.6. The largest absolute Gasteiger partial charge is 0.321 e. The highest BCUT2D eigenvalue weighted by molar-refractivity contribution is 8.05. The van der Waals surface area contributed by atoms with Crippen LogP contribution in [0.4, 0.5) is 11.4 Å². The second-order valence-electron chi connectivity index (χ2n) is 7.99. The fraction of sp³-hybridized carbons (Fsp3) is 0.148. The van der Waals surface area contributed by atoms with Crippen LogP contribution in [0.15, 0.2) is 83.4 Å². The summed E-state index contributed by atoms with van der Waals surface area (Å²) in [7, 11) is 0. The van der Waals surface area contributed by atoms with E-state index in [4.69, 9.17) is 11.6 Å². The molecule has 0 aromatic heterocycles. The van der Waals surface area contributed by atoms with Gasteiger partial charge in [-0.05, 0) is 73.4 Å². The number of carbonyl (C=O) groups is 2. The van der Waals surface area contributed by atoms with Crippen LogP contribution < -0.4 is 10.2 Å². The molecule has 3 aromatic carbocycles. The minimum Gasteiger partial charge on any atom is -0.321 e. The van der Waals surface area contributed by atoms with Crippen LogP contribution in [0.2, 0.25) is 5.02 Å². The summed E-state index contributed by atoms with van der Waals surface area (Å²) in [5.74, 6) is -0.719. The Balaban J connectivity index is 1.74. The highest BCUT2D eigenvalue weighted by atomic mass is 35.5. The molecule has 1 aliphatic heterocycles. The van der Waals surface area contributed by atoms with Gasteiger partial charge in [-0.15, -0.1) is 0 Å². The van der Waals surface area contributed by atoms with E-state index in [9.17, 15) is 14.9 Å². The molecule has 3 aromatic rings. The standard InChI is InChI=1S/C27H22ClN3O2S/c1-17-8-13-22(14-18(17)2)31-26(33)24(15-19-9-11-20(28)12-10-19)34-27(31)23(16-29)25(32)30-21-6-4-3-5-7-21/h3-14,24H,15H2,1-2H3,(H,30,32)/b27-23-. The van der Waals surface area contributed by atoms with Gasteiger partial charge < -0.3 is 5.32 Å². The summed E-state index contributed by atoms with van der Waals surface area (Å²) >= 11 is 7.25. The van der Waals surface area contributed by atoms with Crippen molar-refractivity contribution in [2.75, 3.05) is 10.2 Å². The number of thioether (sulfide) groups is 1. The average molecular weight is 488 g/mol. The molecule has 0 spiro atoms. The first-order valence-electron chi connectivity index (χ1n) is 10.7. The van der Waals surface area contributed by atoms with Gasteiger partial charge in [0, 0.05) is 16.4 Å². The van der Waals surface area contributed by atoms with Gasteiger partial charge in [-0.3, -0.25) is 14.5 Å². The molecule has 0 radical (unpaired) electrons. The van der Waals surface area contributed by atoms with E-state index < -0.39 is 11.2 Å². The molecule has 170 valence electrons. The zero-order valence-electron chi connectivity index (χ0n) is 18.7. The highest BCUT2D eigenvalue weighted by Gasteiger charge is 2.40. The fourth-order valence-corrected chi connectivity index (χ4v) is 5.07. The lowest BCUT2D eigenvalue weighted by atomic mass is 10.1. The lowest BCUT2D eigenvalue weighted by Gasteiger charge is -2.20. The number of hydrogen-bond acceptors (Lipinski definition) is 4. The number of hydrogen-bond donors (Lipinski definition) is 1. The number of para-hydroxylation sites is 1. The molecule has 0 saturated carbocycles. The number of nitrogens with one attached hydrogen (secondary N) is 1. The lowest BCUT2D eigenvalue weighted by molar-refractivity contribution is -0.117. The minimum atomic E-state index is -0.551. The molecule has 1 N–H and O–H groups in total. The third kappa shape index (κ3) is 5.01. The van der Waals surface area contributed by atoms with Gasteiger partial charge in [-0.2, -0.15) is 5.26 Å². The third-order valence-corrected chi connectivity index (χ3v) is 7.13. The van der Waals surface area contributed by atoms with E-state index in [1.54, 1.807) is 36.4 Å². The summed E-state index contributed by atoms with van der Waals surface area (Å²) in [6.45, 7) is 3.96. The maximum absolute atomic E-state index is 13.6. The van der Waals surface area contributed by atoms with Gasteiger partial charge in [0.25, 0.3) is 5.91 Å². The van der Waals surface area contributed by atoms with Crippen molar-refractivity contribution in [1.82, 2.24) is 0 Å². The number of nitrogens with zero attached hydrogens (tertiary/aromatic N) is 2. The Labute approximate surface area is 208 Å². The van der Waals surface area contributed by atoms with Crippen LogP contribution >= 0.6 is 23.4 Å². The van der Waals surface area contributed by atoms with E-state index in [0.717, 1.165) is 16.7 Å². The summed E-state index contributed by atoms with van der Waals surface area (Å²) in [6.07, 6.45) is 0.449.